The summed E-state index contributed by atoms with van der Waals surface area (Å²) in [6.07, 6.45) is 8.35. The second kappa shape index (κ2) is 7.71. The monoisotopic (exact) mass is 368 g/mol. The fraction of sp³-hybridized carbons (Fsp3) is 0.571. The quantitative estimate of drug-likeness (QED) is 0.832. The van der Waals surface area contributed by atoms with Gasteiger partial charge in [-0.1, -0.05) is 19.3 Å². The maximum atomic E-state index is 13.0. The molecule has 0 saturated heterocycles. The van der Waals surface area contributed by atoms with Gasteiger partial charge in [-0.3, -0.25) is 9.48 Å². The molecule has 0 atom stereocenters. The zero-order valence-corrected chi connectivity index (χ0v) is 16.3. The number of ether oxygens (including phenoxy) is 1. The van der Waals surface area contributed by atoms with Crippen LogP contribution in [0.1, 0.15) is 54.6 Å². The van der Waals surface area contributed by atoms with E-state index in [4.69, 9.17) is 4.74 Å². The van der Waals surface area contributed by atoms with E-state index in [1.165, 1.54) is 25.0 Å². The van der Waals surface area contributed by atoms with E-state index >= 15 is 0 Å². The Morgan fingerprint density at radius 2 is 2.11 bits per heavy atom. The van der Waals surface area contributed by atoms with E-state index < -0.39 is 0 Å². The SMILES string of the molecule is Cc1ccnc(OCc2nn(C)c3c2CN(C(=O)C2CCCCC2)CC3)c1. The molecule has 144 valence electrons. The Labute approximate surface area is 160 Å². The minimum absolute atomic E-state index is 0.216. The van der Waals surface area contributed by atoms with Crippen LogP contribution in [0.5, 0.6) is 5.88 Å². The van der Waals surface area contributed by atoms with E-state index in [9.17, 15) is 4.79 Å². The van der Waals surface area contributed by atoms with E-state index in [2.05, 4.69) is 10.1 Å². The molecule has 0 bridgehead atoms. The zero-order valence-electron chi connectivity index (χ0n) is 16.3. The maximum Gasteiger partial charge on any atom is 0.225 e. The van der Waals surface area contributed by atoms with Crippen molar-refractivity contribution in [2.75, 3.05) is 6.54 Å². The number of pyridine rings is 1. The molecule has 6 nitrogen and oxygen atoms in total. The summed E-state index contributed by atoms with van der Waals surface area (Å²) in [6.45, 7) is 3.84. The van der Waals surface area contributed by atoms with Gasteiger partial charge in [0, 0.05) is 56.0 Å². The molecule has 2 aromatic rings. The van der Waals surface area contributed by atoms with Gasteiger partial charge >= 0.3 is 0 Å². The third-order valence-electron chi connectivity index (χ3n) is 5.84. The van der Waals surface area contributed by atoms with Crippen LogP contribution in [0, 0.1) is 12.8 Å². The Hall–Kier alpha value is -2.37. The normalized spacial score (nSPS) is 17.6. The summed E-state index contributed by atoms with van der Waals surface area (Å²) in [6, 6.07) is 3.87. The van der Waals surface area contributed by atoms with Crippen LogP contribution in [-0.4, -0.2) is 32.1 Å². The predicted octanol–water partition coefficient (Wildman–Crippen LogP) is 3.17. The molecule has 1 aliphatic heterocycles. The number of amides is 1. The predicted molar refractivity (Wildman–Crippen MR) is 102 cm³/mol. The Morgan fingerprint density at radius 3 is 2.89 bits per heavy atom. The second-order valence-corrected chi connectivity index (χ2v) is 7.80. The number of aromatic nitrogens is 3. The molecule has 2 aromatic heterocycles. The van der Waals surface area contributed by atoms with Gasteiger partial charge in [-0.2, -0.15) is 5.10 Å². The topological polar surface area (TPSA) is 60.3 Å². The lowest BCUT2D eigenvalue weighted by molar-refractivity contribution is -0.137. The Kier molecular flexibility index (Phi) is 5.14. The largest absolute Gasteiger partial charge is 0.471 e. The summed E-state index contributed by atoms with van der Waals surface area (Å²) in [5, 5.41) is 4.66. The van der Waals surface area contributed by atoms with Crippen molar-refractivity contribution in [2.24, 2.45) is 13.0 Å². The summed E-state index contributed by atoms with van der Waals surface area (Å²) < 4.78 is 7.82. The van der Waals surface area contributed by atoms with Crippen molar-refractivity contribution in [1.29, 1.82) is 0 Å². The summed E-state index contributed by atoms with van der Waals surface area (Å²) in [4.78, 5) is 19.2. The van der Waals surface area contributed by atoms with E-state index in [0.29, 0.717) is 24.9 Å². The molecule has 6 heteroatoms. The van der Waals surface area contributed by atoms with Gasteiger partial charge in [-0.25, -0.2) is 4.98 Å². The number of nitrogens with zero attached hydrogens (tertiary/aromatic N) is 4. The Morgan fingerprint density at radius 1 is 1.30 bits per heavy atom. The average Bonchev–Trinajstić information content (AvgIpc) is 3.02. The van der Waals surface area contributed by atoms with Crippen molar-refractivity contribution in [2.45, 2.75) is 58.6 Å². The first-order valence-corrected chi connectivity index (χ1v) is 9.99. The van der Waals surface area contributed by atoms with Crippen LogP contribution in [0.15, 0.2) is 18.3 Å². The first-order valence-electron chi connectivity index (χ1n) is 9.99. The van der Waals surface area contributed by atoms with Crippen LogP contribution in [0.25, 0.3) is 0 Å². The van der Waals surface area contributed by atoms with Gasteiger partial charge in [-0.15, -0.1) is 0 Å². The van der Waals surface area contributed by atoms with Crippen LogP contribution in [0.2, 0.25) is 0 Å². The molecule has 1 amide bonds. The number of hydrogen-bond acceptors (Lipinski definition) is 4. The van der Waals surface area contributed by atoms with Crippen molar-refractivity contribution in [3.63, 3.8) is 0 Å². The highest BCUT2D eigenvalue weighted by Crippen LogP contribution is 2.29. The number of carbonyl (C=O) groups excluding carboxylic acids is 1. The molecular weight excluding hydrogens is 340 g/mol. The van der Waals surface area contributed by atoms with Gasteiger partial charge < -0.3 is 9.64 Å². The van der Waals surface area contributed by atoms with Gasteiger partial charge in [0.2, 0.25) is 11.8 Å². The van der Waals surface area contributed by atoms with Gasteiger partial charge in [0.1, 0.15) is 12.3 Å². The van der Waals surface area contributed by atoms with Crippen LogP contribution in [-0.2, 0) is 31.4 Å². The van der Waals surface area contributed by atoms with E-state index in [1.54, 1.807) is 6.20 Å². The van der Waals surface area contributed by atoms with Crippen LogP contribution in [0.3, 0.4) is 0 Å². The fourth-order valence-corrected chi connectivity index (χ4v) is 4.31. The molecule has 1 aliphatic carbocycles. The summed E-state index contributed by atoms with van der Waals surface area (Å²) in [7, 11) is 1.98. The fourth-order valence-electron chi connectivity index (χ4n) is 4.31. The summed E-state index contributed by atoms with van der Waals surface area (Å²) in [5.74, 6) is 1.16. The van der Waals surface area contributed by atoms with E-state index in [-0.39, 0.29) is 5.92 Å². The van der Waals surface area contributed by atoms with Crippen LogP contribution in [0.4, 0.5) is 0 Å². The van der Waals surface area contributed by atoms with Crippen LogP contribution < -0.4 is 4.74 Å². The lowest BCUT2D eigenvalue weighted by atomic mass is 9.87. The average molecular weight is 368 g/mol. The van der Waals surface area contributed by atoms with Crippen molar-refractivity contribution < 1.29 is 9.53 Å². The van der Waals surface area contributed by atoms with E-state index in [0.717, 1.165) is 42.6 Å². The molecular formula is C21H28N4O2. The third kappa shape index (κ3) is 3.84. The number of carbonyl (C=O) groups is 1. The van der Waals surface area contributed by atoms with Gasteiger partial charge in [0.05, 0.1) is 0 Å². The lowest BCUT2D eigenvalue weighted by Crippen LogP contribution is -2.40. The molecule has 1 fully saturated rings. The molecule has 0 radical (unpaired) electrons. The highest BCUT2D eigenvalue weighted by atomic mass is 16.5. The summed E-state index contributed by atoms with van der Waals surface area (Å²) in [5.41, 5.74) is 4.41. The highest BCUT2D eigenvalue weighted by Gasteiger charge is 2.31. The first kappa shape index (κ1) is 18.0. The third-order valence-corrected chi connectivity index (χ3v) is 5.84. The Bertz CT molecular complexity index is 824. The molecule has 0 spiro atoms. The molecule has 2 aliphatic rings. The molecule has 3 heterocycles. The van der Waals surface area contributed by atoms with Crippen molar-refractivity contribution in [1.82, 2.24) is 19.7 Å². The maximum absolute atomic E-state index is 13.0. The molecule has 0 N–H and O–H groups in total. The smallest absolute Gasteiger partial charge is 0.225 e. The number of fused-ring (bicyclic) bond motifs is 1. The first-order chi connectivity index (χ1) is 13.1. The molecule has 0 unspecified atom stereocenters. The summed E-state index contributed by atoms with van der Waals surface area (Å²) >= 11 is 0. The highest BCUT2D eigenvalue weighted by molar-refractivity contribution is 5.79. The van der Waals surface area contributed by atoms with Gasteiger partial charge in [0.25, 0.3) is 0 Å². The Balaban J connectivity index is 1.47. The standard InChI is InChI=1S/C21H28N4O2/c1-15-8-10-22-20(12-15)27-14-18-17-13-25(11-9-19(17)24(2)23-18)21(26)16-6-4-3-5-7-16/h8,10,12,16H,3-7,9,11,13-14H2,1-2H3. The van der Waals surface area contributed by atoms with Gasteiger partial charge in [0.15, 0.2) is 0 Å². The van der Waals surface area contributed by atoms with Gasteiger partial charge in [-0.05, 0) is 31.4 Å². The molecule has 0 aromatic carbocycles. The van der Waals surface area contributed by atoms with E-state index in [1.807, 2.05) is 35.7 Å². The van der Waals surface area contributed by atoms with Crippen molar-refractivity contribution in [3.8, 4) is 5.88 Å². The number of rotatable bonds is 4. The molecule has 27 heavy (non-hydrogen) atoms. The molecule has 4 rings (SSSR count). The lowest BCUT2D eigenvalue weighted by Gasteiger charge is -2.32. The van der Waals surface area contributed by atoms with Crippen molar-refractivity contribution in [3.05, 3.63) is 40.8 Å². The van der Waals surface area contributed by atoms with Crippen molar-refractivity contribution >= 4 is 5.91 Å². The number of aryl methyl sites for hydroxylation is 2. The molecule has 1 saturated carbocycles. The zero-order chi connectivity index (χ0) is 18.8. The van der Waals surface area contributed by atoms with Crippen LogP contribution >= 0.6 is 0 Å². The minimum atomic E-state index is 0.216. The second-order valence-electron chi connectivity index (χ2n) is 7.80. The number of hydrogen-bond donors (Lipinski definition) is 0. The minimum Gasteiger partial charge on any atom is -0.471 e.